The van der Waals surface area contributed by atoms with Crippen LogP contribution < -0.4 is 9.47 Å². The summed E-state index contributed by atoms with van der Waals surface area (Å²) >= 11 is 6.28. The van der Waals surface area contributed by atoms with Crippen LogP contribution in [-0.2, 0) is 0 Å². The highest BCUT2D eigenvalue weighted by Gasteiger charge is 2.30. The highest BCUT2D eigenvalue weighted by molar-refractivity contribution is 9.10. The van der Waals surface area contributed by atoms with Crippen LogP contribution in [0.15, 0.2) is 28.7 Å². The van der Waals surface area contributed by atoms with Crippen LogP contribution in [0.1, 0.15) is 10.4 Å². The molecular formula is C17H8BBrF5NO3S. The van der Waals surface area contributed by atoms with Crippen LogP contribution in [0.5, 0.6) is 11.6 Å². The molecule has 0 unspecified atom stereocenters. The third-order valence-corrected chi connectivity index (χ3v) is 4.02. The molecular weight excluding hydrogens is 484 g/mol. The maximum atomic E-state index is 13.7. The summed E-state index contributed by atoms with van der Waals surface area (Å²) in [6.07, 6.45) is 0. The van der Waals surface area contributed by atoms with E-state index in [0.29, 0.717) is 15.4 Å². The number of ether oxygens (including phenoxy) is 2. The third-order valence-electron chi connectivity index (χ3n) is 3.52. The molecule has 0 aliphatic rings. The van der Waals surface area contributed by atoms with Crippen molar-refractivity contribution in [1.29, 1.82) is 0 Å². The number of rotatable bonds is 3. The van der Waals surface area contributed by atoms with Crippen LogP contribution in [-0.4, -0.2) is 25.2 Å². The Morgan fingerprint density at radius 1 is 1.00 bits per heavy atom. The molecule has 0 fully saturated rings. The van der Waals surface area contributed by atoms with Crippen molar-refractivity contribution in [2.75, 3.05) is 7.11 Å². The van der Waals surface area contributed by atoms with Crippen LogP contribution in [0.4, 0.5) is 22.0 Å². The number of aromatic nitrogens is 1. The van der Waals surface area contributed by atoms with Crippen LogP contribution in [0.3, 0.4) is 0 Å². The van der Waals surface area contributed by atoms with E-state index in [4.69, 9.17) is 4.74 Å². The van der Waals surface area contributed by atoms with E-state index >= 15 is 0 Å². The van der Waals surface area contributed by atoms with Gasteiger partial charge in [0.15, 0.2) is 7.12 Å². The molecule has 150 valence electrons. The highest BCUT2D eigenvalue weighted by Crippen LogP contribution is 2.31. The van der Waals surface area contributed by atoms with Crippen molar-refractivity contribution in [3.05, 3.63) is 63.4 Å². The monoisotopic (exact) mass is 491 g/mol. The summed E-state index contributed by atoms with van der Waals surface area (Å²) in [6.45, 7) is 0. The van der Waals surface area contributed by atoms with Crippen molar-refractivity contribution in [2.24, 2.45) is 0 Å². The third kappa shape index (κ3) is 4.48. The van der Waals surface area contributed by atoms with Gasteiger partial charge in [0.25, 0.3) is 0 Å². The van der Waals surface area contributed by atoms with E-state index in [1.807, 2.05) is 0 Å². The van der Waals surface area contributed by atoms with Gasteiger partial charge in [-0.2, -0.15) is 8.78 Å². The summed E-state index contributed by atoms with van der Waals surface area (Å²) < 4.78 is 77.1. The van der Waals surface area contributed by atoms with Crippen molar-refractivity contribution >= 4 is 52.4 Å². The zero-order valence-electron chi connectivity index (χ0n) is 14.3. The molecule has 0 saturated carbocycles. The standard InChI is InChI=1S/C17H7BrF5NO3.BHS/c1-26-16-8(4-6-2-3-7(18)5-9(6)24-16)17(25)27-15-13(22)11(20)10(19)12(21)14(15)23;1-2/h2-5H,1H3;2H. The normalized spacial score (nSPS) is 10.3. The quantitative estimate of drug-likeness (QED) is 0.107. The van der Waals surface area contributed by atoms with Crippen molar-refractivity contribution in [3.63, 3.8) is 0 Å². The predicted molar refractivity (Wildman–Crippen MR) is 102 cm³/mol. The maximum Gasteiger partial charge on any atom is 0.349 e. The number of thiol groups is 1. The molecule has 0 amide bonds. The van der Waals surface area contributed by atoms with Crippen molar-refractivity contribution in [2.45, 2.75) is 0 Å². The summed E-state index contributed by atoms with van der Waals surface area (Å²) in [7, 11) is 5.38. The number of esters is 1. The zero-order chi connectivity index (χ0) is 21.9. The van der Waals surface area contributed by atoms with Gasteiger partial charge in [-0.1, -0.05) is 22.0 Å². The molecule has 0 spiro atoms. The van der Waals surface area contributed by atoms with E-state index < -0.39 is 40.8 Å². The number of nitrogens with zero attached hydrogens (tertiary/aromatic N) is 1. The van der Waals surface area contributed by atoms with Crippen LogP contribution in [0, 0.1) is 29.1 Å². The first-order valence-corrected chi connectivity index (χ1v) is 8.69. The van der Waals surface area contributed by atoms with E-state index in [1.165, 1.54) is 13.2 Å². The molecule has 12 heteroatoms. The molecule has 0 aliphatic carbocycles. The minimum atomic E-state index is -2.36. The van der Waals surface area contributed by atoms with E-state index in [9.17, 15) is 26.7 Å². The van der Waals surface area contributed by atoms with Gasteiger partial charge in [0.05, 0.1) is 12.6 Å². The second-order valence-corrected chi connectivity index (χ2v) is 6.09. The number of halogens is 6. The molecule has 3 rings (SSSR count). The molecule has 4 nitrogen and oxygen atoms in total. The predicted octanol–water partition coefficient (Wildman–Crippen LogP) is 4.92. The molecule has 2 radical (unpaired) electrons. The molecule has 0 atom stereocenters. The number of benzene rings is 2. The van der Waals surface area contributed by atoms with Gasteiger partial charge in [0.1, 0.15) is 5.56 Å². The summed E-state index contributed by atoms with van der Waals surface area (Å²) in [5, 5.41) is 0.448. The van der Waals surface area contributed by atoms with Crippen LogP contribution >= 0.6 is 28.4 Å². The SMILES string of the molecule is COc1nc2cc(Br)ccc2cc1C(=O)Oc1c(F)c(F)c(F)c(F)c1F.[B]S. The Morgan fingerprint density at radius 3 is 2.10 bits per heavy atom. The first kappa shape index (κ1) is 22.9. The maximum absolute atomic E-state index is 13.7. The average molecular weight is 492 g/mol. The average Bonchev–Trinajstić information content (AvgIpc) is 2.74. The fourth-order valence-corrected chi connectivity index (χ4v) is 2.60. The molecule has 0 bridgehead atoms. The molecule has 29 heavy (non-hydrogen) atoms. The van der Waals surface area contributed by atoms with Crippen LogP contribution in [0.2, 0.25) is 0 Å². The smallest absolute Gasteiger partial charge is 0.349 e. The lowest BCUT2D eigenvalue weighted by Crippen LogP contribution is -2.15. The van der Waals surface area contributed by atoms with E-state index in [2.05, 4.69) is 45.3 Å². The molecule has 0 N–H and O–H groups in total. The number of hydrogen-bond acceptors (Lipinski definition) is 5. The Kier molecular flexibility index (Phi) is 7.47. The summed E-state index contributed by atoms with van der Waals surface area (Å²) in [5.41, 5.74) is 0.0604. The second-order valence-electron chi connectivity index (χ2n) is 5.17. The molecule has 1 aromatic heterocycles. The highest BCUT2D eigenvalue weighted by atomic mass is 79.9. The Morgan fingerprint density at radius 2 is 1.55 bits per heavy atom. The first-order chi connectivity index (χ1) is 13.7. The largest absolute Gasteiger partial charge is 0.480 e. The molecule has 1 heterocycles. The Labute approximate surface area is 175 Å². The van der Waals surface area contributed by atoms with E-state index in [1.54, 1.807) is 18.2 Å². The zero-order valence-corrected chi connectivity index (χ0v) is 16.8. The minimum Gasteiger partial charge on any atom is -0.480 e. The second kappa shape index (κ2) is 9.44. The topological polar surface area (TPSA) is 48.4 Å². The van der Waals surface area contributed by atoms with E-state index in [-0.39, 0.29) is 11.4 Å². The number of carbonyl (C=O) groups excluding carboxylic acids is 1. The number of methoxy groups -OCH3 is 1. The van der Waals surface area contributed by atoms with Crippen LogP contribution in [0.25, 0.3) is 10.9 Å². The van der Waals surface area contributed by atoms with Gasteiger partial charge in [-0.15, -0.1) is 0 Å². The number of pyridine rings is 1. The van der Waals surface area contributed by atoms with Crippen molar-refractivity contribution in [3.8, 4) is 11.6 Å². The fraction of sp³-hybridized carbons (Fsp3) is 0.0588. The lowest BCUT2D eigenvalue weighted by atomic mass is 10.1. The molecule has 3 aromatic rings. The van der Waals surface area contributed by atoms with E-state index in [0.717, 1.165) is 0 Å². The summed E-state index contributed by atoms with van der Waals surface area (Å²) in [4.78, 5) is 16.4. The number of fused-ring (bicyclic) bond motifs is 1. The van der Waals surface area contributed by atoms with Gasteiger partial charge in [-0.3, -0.25) is 0 Å². The van der Waals surface area contributed by atoms with Gasteiger partial charge >= 0.3 is 5.97 Å². The lowest BCUT2D eigenvalue weighted by Gasteiger charge is -2.11. The fourth-order valence-electron chi connectivity index (χ4n) is 2.25. The van der Waals surface area contributed by atoms with Gasteiger partial charge in [-0.25, -0.2) is 35.4 Å². The lowest BCUT2D eigenvalue weighted by molar-refractivity contribution is 0.0712. The Balaban J connectivity index is 0.00000145. The van der Waals surface area contributed by atoms with Gasteiger partial charge in [0, 0.05) is 9.86 Å². The van der Waals surface area contributed by atoms with Gasteiger partial charge < -0.3 is 9.47 Å². The first-order valence-electron chi connectivity index (χ1n) is 7.38. The number of carbonyl (C=O) groups is 1. The number of hydrogen-bond donors (Lipinski definition) is 1. The van der Waals surface area contributed by atoms with Crippen molar-refractivity contribution < 1.29 is 36.2 Å². The molecule has 0 aliphatic heterocycles. The Bertz CT molecular complexity index is 1070. The molecule has 2 aromatic carbocycles. The molecule has 0 saturated heterocycles. The Hall–Kier alpha value is -2.34. The summed E-state index contributed by atoms with van der Waals surface area (Å²) in [6, 6.07) is 6.11. The minimum absolute atomic E-state index is 0.255. The van der Waals surface area contributed by atoms with Gasteiger partial charge in [0.2, 0.25) is 40.7 Å². The van der Waals surface area contributed by atoms with Gasteiger partial charge in [-0.05, 0) is 18.2 Å². The summed E-state index contributed by atoms with van der Waals surface area (Å²) in [5.74, 6) is -14.7. The van der Waals surface area contributed by atoms with Crippen molar-refractivity contribution in [1.82, 2.24) is 4.98 Å².